The van der Waals surface area contributed by atoms with Crippen molar-refractivity contribution in [1.29, 1.82) is 0 Å². The van der Waals surface area contributed by atoms with Crippen LogP contribution in [-0.4, -0.2) is 22.8 Å². The molecular formula is C16H24N2O2. The van der Waals surface area contributed by atoms with Crippen molar-refractivity contribution in [2.45, 2.75) is 45.6 Å². The minimum atomic E-state index is -0.0570. The van der Waals surface area contributed by atoms with Crippen LogP contribution in [0.1, 0.15) is 37.8 Å². The number of nitrogens with zero attached hydrogens (tertiary/aromatic N) is 1. The van der Waals surface area contributed by atoms with Gasteiger partial charge in [0.25, 0.3) is 5.56 Å². The predicted molar refractivity (Wildman–Crippen MR) is 82.2 cm³/mol. The first-order chi connectivity index (χ1) is 9.70. The summed E-state index contributed by atoms with van der Waals surface area (Å²) in [5.74, 6) is 0. The number of hydrogen-bond acceptors (Lipinski definition) is 3. The van der Waals surface area contributed by atoms with Crippen molar-refractivity contribution < 1.29 is 5.11 Å². The number of pyridine rings is 1. The van der Waals surface area contributed by atoms with Crippen LogP contribution in [0.2, 0.25) is 0 Å². The highest BCUT2D eigenvalue weighted by molar-refractivity contribution is 5.43. The predicted octanol–water partition coefficient (Wildman–Crippen LogP) is 2.45. The standard InChI is InChI=1S/C16H24N2O2/c1-13-11-15(12-16(20)18(13)9-10-19)17-8-7-14-5-3-2-4-6-14/h5,11-12,17,19H,2-4,6-10H2,1H3. The van der Waals surface area contributed by atoms with E-state index in [0.717, 1.165) is 24.3 Å². The van der Waals surface area contributed by atoms with E-state index in [1.54, 1.807) is 10.6 Å². The number of aliphatic hydroxyl groups is 1. The first kappa shape index (κ1) is 14.9. The van der Waals surface area contributed by atoms with Gasteiger partial charge >= 0.3 is 0 Å². The number of nitrogens with one attached hydrogen (secondary N) is 1. The van der Waals surface area contributed by atoms with Crippen molar-refractivity contribution in [1.82, 2.24) is 4.57 Å². The molecule has 0 saturated carbocycles. The molecule has 0 aromatic carbocycles. The number of allylic oxidation sites excluding steroid dienone is 1. The molecule has 110 valence electrons. The summed E-state index contributed by atoms with van der Waals surface area (Å²) in [6, 6.07) is 3.57. The topological polar surface area (TPSA) is 54.3 Å². The molecule has 0 amide bonds. The minimum Gasteiger partial charge on any atom is -0.395 e. The molecule has 1 aliphatic carbocycles. The lowest BCUT2D eigenvalue weighted by molar-refractivity contribution is 0.273. The van der Waals surface area contributed by atoms with Gasteiger partial charge in [-0.25, -0.2) is 0 Å². The van der Waals surface area contributed by atoms with Crippen molar-refractivity contribution in [3.05, 3.63) is 39.8 Å². The molecule has 0 atom stereocenters. The zero-order valence-electron chi connectivity index (χ0n) is 12.2. The molecule has 4 heteroatoms. The van der Waals surface area contributed by atoms with Crippen LogP contribution in [0.25, 0.3) is 0 Å². The lowest BCUT2D eigenvalue weighted by Gasteiger charge is -2.14. The zero-order valence-corrected chi connectivity index (χ0v) is 12.2. The Kier molecular flexibility index (Phi) is 5.41. The van der Waals surface area contributed by atoms with Crippen LogP contribution in [0.3, 0.4) is 0 Å². The SMILES string of the molecule is Cc1cc(NCCC2=CCCCC2)cc(=O)n1CCO. The first-order valence-electron chi connectivity index (χ1n) is 7.45. The van der Waals surface area contributed by atoms with Gasteiger partial charge in [-0.1, -0.05) is 11.6 Å². The van der Waals surface area contributed by atoms with E-state index in [1.807, 2.05) is 13.0 Å². The Balaban J connectivity index is 1.93. The minimum absolute atomic E-state index is 0.0122. The van der Waals surface area contributed by atoms with Crippen LogP contribution in [-0.2, 0) is 6.54 Å². The van der Waals surface area contributed by atoms with Crippen molar-refractivity contribution >= 4 is 5.69 Å². The number of aliphatic hydroxyl groups excluding tert-OH is 1. The summed E-state index contributed by atoms with van der Waals surface area (Å²) in [6.07, 6.45) is 8.47. The van der Waals surface area contributed by atoms with E-state index in [0.29, 0.717) is 6.54 Å². The molecule has 1 aliphatic rings. The third kappa shape index (κ3) is 3.97. The summed E-state index contributed by atoms with van der Waals surface area (Å²) in [6.45, 7) is 3.11. The number of aryl methyl sites for hydroxylation is 1. The van der Waals surface area contributed by atoms with Crippen molar-refractivity contribution in [2.24, 2.45) is 0 Å². The number of hydrogen-bond donors (Lipinski definition) is 2. The van der Waals surface area contributed by atoms with Gasteiger partial charge in [0.15, 0.2) is 0 Å². The van der Waals surface area contributed by atoms with Gasteiger partial charge in [-0.2, -0.15) is 0 Å². The second kappa shape index (κ2) is 7.29. The Morgan fingerprint density at radius 2 is 2.20 bits per heavy atom. The lowest BCUT2D eigenvalue weighted by Crippen LogP contribution is -2.23. The summed E-state index contributed by atoms with van der Waals surface area (Å²) in [7, 11) is 0. The Morgan fingerprint density at radius 3 is 2.85 bits per heavy atom. The Bertz CT molecular complexity index is 532. The van der Waals surface area contributed by atoms with E-state index in [1.165, 1.54) is 31.3 Å². The van der Waals surface area contributed by atoms with Crippen molar-refractivity contribution in [3.63, 3.8) is 0 Å². The van der Waals surface area contributed by atoms with Gasteiger partial charge in [-0.15, -0.1) is 0 Å². The fourth-order valence-corrected chi connectivity index (χ4v) is 2.72. The highest BCUT2D eigenvalue weighted by Crippen LogP contribution is 2.20. The van der Waals surface area contributed by atoms with Gasteiger partial charge < -0.3 is 15.0 Å². The largest absolute Gasteiger partial charge is 0.395 e. The van der Waals surface area contributed by atoms with Crippen LogP contribution in [0.5, 0.6) is 0 Å². The molecular weight excluding hydrogens is 252 g/mol. The van der Waals surface area contributed by atoms with E-state index in [2.05, 4.69) is 11.4 Å². The molecule has 0 bridgehead atoms. The van der Waals surface area contributed by atoms with Gasteiger partial charge in [0.2, 0.25) is 0 Å². The van der Waals surface area contributed by atoms with Crippen LogP contribution in [0.4, 0.5) is 5.69 Å². The molecule has 0 saturated heterocycles. The average Bonchev–Trinajstić information content (AvgIpc) is 2.44. The molecule has 1 aromatic heterocycles. The molecule has 20 heavy (non-hydrogen) atoms. The molecule has 1 heterocycles. The maximum absolute atomic E-state index is 11.9. The second-order valence-electron chi connectivity index (χ2n) is 5.38. The summed E-state index contributed by atoms with van der Waals surface area (Å²) in [5, 5.41) is 12.3. The maximum atomic E-state index is 11.9. The molecule has 0 fully saturated rings. The monoisotopic (exact) mass is 276 g/mol. The third-order valence-corrected chi connectivity index (χ3v) is 3.82. The van der Waals surface area contributed by atoms with E-state index in [9.17, 15) is 4.79 Å². The van der Waals surface area contributed by atoms with E-state index >= 15 is 0 Å². The molecule has 0 unspecified atom stereocenters. The van der Waals surface area contributed by atoms with E-state index < -0.39 is 0 Å². The number of aromatic nitrogens is 1. The van der Waals surface area contributed by atoms with Gasteiger partial charge in [-0.3, -0.25) is 4.79 Å². The summed E-state index contributed by atoms with van der Waals surface area (Å²) in [4.78, 5) is 11.9. The quantitative estimate of drug-likeness (QED) is 0.785. The highest BCUT2D eigenvalue weighted by Gasteiger charge is 2.05. The Labute approximate surface area is 120 Å². The molecule has 1 aromatic rings. The van der Waals surface area contributed by atoms with Gasteiger partial charge in [0, 0.05) is 30.5 Å². The smallest absolute Gasteiger partial charge is 0.252 e. The van der Waals surface area contributed by atoms with E-state index in [-0.39, 0.29) is 12.2 Å². The third-order valence-electron chi connectivity index (χ3n) is 3.82. The van der Waals surface area contributed by atoms with Crippen molar-refractivity contribution in [3.8, 4) is 0 Å². The molecule has 0 aliphatic heterocycles. The Morgan fingerprint density at radius 1 is 1.35 bits per heavy atom. The van der Waals surface area contributed by atoms with Crippen LogP contribution in [0.15, 0.2) is 28.6 Å². The van der Waals surface area contributed by atoms with E-state index in [4.69, 9.17) is 5.11 Å². The molecule has 4 nitrogen and oxygen atoms in total. The summed E-state index contributed by atoms with van der Waals surface area (Å²) in [5.41, 5.74) is 3.23. The van der Waals surface area contributed by atoms with Crippen LogP contribution in [0, 0.1) is 6.92 Å². The summed E-state index contributed by atoms with van der Waals surface area (Å²) >= 11 is 0. The fourth-order valence-electron chi connectivity index (χ4n) is 2.72. The normalized spacial score (nSPS) is 15.0. The van der Waals surface area contributed by atoms with Gasteiger partial charge in [0.05, 0.1) is 6.61 Å². The van der Waals surface area contributed by atoms with Crippen molar-refractivity contribution in [2.75, 3.05) is 18.5 Å². The second-order valence-corrected chi connectivity index (χ2v) is 5.38. The van der Waals surface area contributed by atoms with Gasteiger partial charge in [0.1, 0.15) is 0 Å². The maximum Gasteiger partial charge on any atom is 0.252 e. The highest BCUT2D eigenvalue weighted by atomic mass is 16.3. The fraction of sp³-hybridized carbons (Fsp3) is 0.562. The molecule has 0 radical (unpaired) electrons. The van der Waals surface area contributed by atoms with Gasteiger partial charge in [-0.05, 0) is 45.1 Å². The average molecular weight is 276 g/mol. The first-order valence-corrected chi connectivity index (χ1v) is 7.45. The molecule has 2 rings (SSSR count). The van der Waals surface area contributed by atoms with Crippen LogP contribution >= 0.6 is 0 Å². The van der Waals surface area contributed by atoms with Crippen LogP contribution < -0.4 is 10.9 Å². The number of anilines is 1. The lowest BCUT2D eigenvalue weighted by atomic mass is 9.97. The Hall–Kier alpha value is -1.55. The molecule has 2 N–H and O–H groups in total. The summed E-state index contributed by atoms with van der Waals surface area (Å²) < 4.78 is 1.59. The zero-order chi connectivity index (χ0) is 14.4. The number of rotatable bonds is 6. The molecule has 0 spiro atoms.